The molecule has 0 bridgehead atoms. The van der Waals surface area contributed by atoms with Crippen LogP contribution in [0.3, 0.4) is 0 Å². The van der Waals surface area contributed by atoms with Gasteiger partial charge in [-0.3, -0.25) is 4.79 Å². The van der Waals surface area contributed by atoms with E-state index in [9.17, 15) is 14.0 Å². The van der Waals surface area contributed by atoms with Gasteiger partial charge in [0, 0.05) is 30.9 Å². The van der Waals surface area contributed by atoms with Gasteiger partial charge in [0.1, 0.15) is 11.6 Å². The second-order valence-corrected chi connectivity index (χ2v) is 8.73. The first-order valence-corrected chi connectivity index (χ1v) is 12.2. The molecule has 4 rings (SSSR count). The monoisotopic (exact) mass is 490 g/mol. The largest absolute Gasteiger partial charge is 0.494 e. The van der Waals surface area contributed by atoms with Gasteiger partial charge in [-0.05, 0) is 80.3 Å². The Balaban J connectivity index is 1.49. The minimum atomic E-state index is -0.510. The standard InChI is InChI=1S/C28H31FN4O3/c1-3-36-23-8-6-7-20(15-23)18-30-27(34)21-10-12-26(33-13-4-5-14-33)25(16-21)32-28(35)31-22-11-9-19(2)24(29)17-22/h6-12,15-17H,3-5,13-14,18H2,1-2H3,(H,30,34)(H2,31,32,35). The molecule has 3 aromatic rings. The summed E-state index contributed by atoms with van der Waals surface area (Å²) in [5.41, 5.74) is 3.57. The molecule has 3 amide bonds. The summed E-state index contributed by atoms with van der Waals surface area (Å²) >= 11 is 0. The first-order chi connectivity index (χ1) is 17.4. The van der Waals surface area contributed by atoms with E-state index < -0.39 is 11.8 Å². The van der Waals surface area contributed by atoms with Gasteiger partial charge in [-0.1, -0.05) is 18.2 Å². The average Bonchev–Trinajstić information content (AvgIpc) is 3.40. The average molecular weight is 491 g/mol. The molecule has 1 heterocycles. The van der Waals surface area contributed by atoms with Crippen molar-refractivity contribution in [3.05, 3.63) is 83.2 Å². The molecule has 3 aromatic carbocycles. The number of urea groups is 1. The molecule has 0 spiro atoms. The summed E-state index contributed by atoms with van der Waals surface area (Å²) in [5, 5.41) is 8.44. The van der Waals surface area contributed by atoms with Crippen LogP contribution in [0.5, 0.6) is 5.75 Å². The number of aryl methyl sites for hydroxylation is 1. The quantitative estimate of drug-likeness (QED) is 0.378. The maximum atomic E-state index is 13.9. The lowest BCUT2D eigenvalue weighted by atomic mass is 10.1. The maximum absolute atomic E-state index is 13.9. The summed E-state index contributed by atoms with van der Waals surface area (Å²) in [6.45, 7) is 6.25. The predicted octanol–water partition coefficient (Wildman–Crippen LogP) is 5.71. The Morgan fingerprint density at radius 3 is 2.56 bits per heavy atom. The summed E-state index contributed by atoms with van der Waals surface area (Å²) < 4.78 is 19.4. The molecule has 0 radical (unpaired) electrons. The van der Waals surface area contributed by atoms with Gasteiger partial charge in [-0.15, -0.1) is 0 Å². The van der Waals surface area contributed by atoms with Crippen LogP contribution in [0.25, 0.3) is 0 Å². The lowest BCUT2D eigenvalue weighted by Crippen LogP contribution is -2.26. The fourth-order valence-corrected chi connectivity index (χ4v) is 4.16. The van der Waals surface area contributed by atoms with E-state index in [0.717, 1.165) is 42.9 Å². The Labute approximate surface area is 210 Å². The molecule has 36 heavy (non-hydrogen) atoms. The number of amides is 3. The van der Waals surface area contributed by atoms with E-state index in [4.69, 9.17) is 4.74 Å². The first kappa shape index (κ1) is 25.0. The maximum Gasteiger partial charge on any atom is 0.323 e. The number of halogens is 1. The molecule has 0 aliphatic carbocycles. The van der Waals surface area contributed by atoms with Crippen molar-refractivity contribution in [1.82, 2.24) is 5.32 Å². The normalized spacial score (nSPS) is 12.8. The molecule has 0 aromatic heterocycles. The Morgan fingerprint density at radius 2 is 1.81 bits per heavy atom. The highest BCUT2D eigenvalue weighted by Gasteiger charge is 2.19. The summed E-state index contributed by atoms with van der Waals surface area (Å²) in [4.78, 5) is 27.9. The van der Waals surface area contributed by atoms with Crippen molar-refractivity contribution in [1.29, 1.82) is 0 Å². The van der Waals surface area contributed by atoms with E-state index in [1.54, 1.807) is 31.2 Å². The van der Waals surface area contributed by atoms with E-state index in [0.29, 0.717) is 35.7 Å². The summed E-state index contributed by atoms with van der Waals surface area (Å²) in [5.74, 6) is 0.107. The number of carbonyl (C=O) groups is 2. The Morgan fingerprint density at radius 1 is 1.00 bits per heavy atom. The van der Waals surface area contributed by atoms with E-state index in [2.05, 4.69) is 20.9 Å². The second kappa shape index (κ2) is 11.6. The number of benzene rings is 3. The van der Waals surface area contributed by atoms with Crippen LogP contribution >= 0.6 is 0 Å². The number of nitrogens with zero attached hydrogens (tertiary/aromatic N) is 1. The summed E-state index contributed by atoms with van der Waals surface area (Å²) in [6, 6.07) is 16.9. The number of hydrogen-bond acceptors (Lipinski definition) is 4. The lowest BCUT2D eigenvalue weighted by Gasteiger charge is -2.22. The van der Waals surface area contributed by atoms with Gasteiger partial charge >= 0.3 is 6.03 Å². The van der Waals surface area contributed by atoms with Crippen molar-refractivity contribution in [2.75, 3.05) is 35.2 Å². The van der Waals surface area contributed by atoms with Crippen LogP contribution in [0.2, 0.25) is 0 Å². The molecule has 1 aliphatic rings. The van der Waals surface area contributed by atoms with E-state index in [1.165, 1.54) is 6.07 Å². The fraction of sp³-hybridized carbons (Fsp3) is 0.286. The number of rotatable bonds is 8. The molecule has 1 aliphatic heterocycles. The molecule has 0 unspecified atom stereocenters. The van der Waals surface area contributed by atoms with E-state index >= 15 is 0 Å². The third-order valence-electron chi connectivity index (χ3n) is 6.05. The SMILES string of the molecule is CCOc1cccc(CNC(=O)c2ccc(N3CCCC3)c(NC(=O)Nc3ccc(C)c(F)c3)c2)c1. The second-order valence-electron chi connectivity index (χ2n) is 8.73. The van der Waals surface area contributed by atoms with Gasteiger partial charge in [0.15, 0.2) is 0 Å². The van der Waals surface area contributed by atoms with Crippen LogP contribution in [-0.4, -0.2) is 31.6 Å². The van der Waals surface area contributed by atoms with Crippen molar-refractivity contribution in [2.24, 2.45) is 0 Å². The molecule has 8 heteroatoms. The highest BCUT2D eigenvalue weighted by Crippen LogP contribution is 2.30. The number of carbonyl (C=O) groups excluding carboxylic acids is 2. The molecule has 1 fully saturated rings. The summed E-state index contributed by atoms with van der Waals surface area (Å²) in [6.07, 6.45) is 2.13. The minimum absolute atomic E-state index is 0.256. The molecule has 188 valence electrons. The molecule has 0 atom stereocenters. The van der Waals surface area contributed by atoms with E-state index in [-0.39, 0.29) is 5.91 Å². The van der Waals surface area contributed by atoms with Crippen molar-refractivity contribution in [3.63, 3.8) is 0 Å². The minimum Gasteiger partial charge on any atom is -0.494 e. The van der Waals surface area contributed by atoms with Crippen LogP contribution in [0, 0.1) is 12.7 Å². The number of hydrogen-bond donors (Lipinski definition) is 3. The van der Waals surface area contributed by atoms with Crippen molar-refractivity contribution in [2.45, 2.75) is 33.2 Å². The molecular weight excluding hydrogens is 459 g/mol. The zero-order valence-electron chi connectivity index (χ0n) is 20.6. The van der Waals surface area contributed by atoms with Gasteiger partial charge < -0.3 is 25.6 Å². The number of nitrogens with one attached hydrogen (secondary N) is 3. The molecule has 7 nitrogen and oxygen atoms in total. The zero-order valence-corrected chi connectivity index (χ0v) is 20.6. The van der Waals surface area contributed by atoms with Crippen molar-refractivity contribution >= 4 is 29.0 Å². The molecular formula is C28H31FN4O3. The smallest absolute Gasteiger partial charge is 0.323 e. The molecule has 1 saturated heterocycles. The van der Waals surface area contributed by atoms with Crippen LogP contribution in [0.1, 0.15) is 41.3 Å². The third-order valence-corrected chi connectivity index (χ3v) is 6.05. The lowest BCUT2D eigenvalue weighted by molar-refractivity contribution is 0.0951. The highest BCUT2D eigenvalue weighted by atomic mass is 19.1. The van der Waals surface area contributed by atoms with Gasteiger partial charge in [0.25, 0.3) is 5.91 Å². The van der Waals surface area contributed by atoms with E-state index in [1.807, 2.05) is 37.3 Å². The Hall–Kier alpha value is -4.07. The van der Waals surface area contributed by atoms with Gasteiger partial charge in [-0.2, -0.15) is 0 Å². The Bertz CT molecular complexity index is 1240. The van der Waals surface area contributed by atoms with Crippen LogP contribution < -0.4 is 25.6 Å². The summed E-state index contributed by atoms with van der Waals surface area (Å²) in [7, 11) is 0. The predicted molar refractivity (Wildman–Crippen MR) is 140 cm³/mol. The van der Waals surface area contributed by atoms with Crippen molar-refractivity contribution in [3.8, 4) is 5.75 Å². The highest BCUT2D eigenvalue weighted by molar-refractivity contribution is 6.04. The number of ether oxygens (including phenoxy) is 1. The van der Waals surface area contributed by atoms with Gasteiger partial charge in [0.05, 0.1) is 18.0 Å². The van der Waals surface area contributed by atoms with Crippen molar-refractivity contribution < 1.29 is 18.7 Å². The fourth-order valence-electron chi connectivity index (χ4n) is 4.16. The molecule has 0 saturated carbocycles. The van der Waals surface area contributed by atoms with Crippen LogP contribution in [0.4, 0.5) is 26.2 Å². The topological polar surface area (TPSA) is 82.7 Å². The first-order valence-electron chi connectivity index (χ1n) is 12.2. The molecule has 3 N–H and O–H groups in total. The van der Waals surface area contributed by atoms with Crippen LogP contribution in [0.15, 0.2) is 60.7 Å². The zero-order chi connectivity index (χ0) is 25.5. The van der Waals surface area contributed by atoms with Crippen LogP contribution in [-0.2, 0) is 6.54 Å². The van der Waals surface area contributed by atoms with Gasteiger partial charge in [-0.25, -0.2) is 9.18 Å². The number of anilines is 3. The third kappa shape index (κ3) is 6.33. The van der Waals surface area contributed by atoms with Gasteiger partial charge in [0.2, 0.25) is 0 Å². The Kier molecular flexibility index (Phi) is 8.05.